The van der Waals surface area contributed by atoms with Crippen molar-refractivity contribution in [2.75, 3.05) is 13.6 Å². The molecule has 128 valence electrons. The number of rotatable bonds is 7. The number of halogens is 1. The quantitative estimate of drug-likeness (QED) is 0.324. The number of likely N-dealkylation sites (tertiary alicyclic amines) is 1. The zero-order chi connectivity index (χ0) is 16.2. The second-order valence-electron chi connectivity index (χ2n) is 7.49. The molecule has 1 saturated heterocycles. The molecule has 2 heterocycles. The van der Waals surface area contributed by atoms with E-state index in [4.69, 9.17) is 4.98 Å². The smallest absolute Gasteiger partial charge is 0.102 e. The van der Waals surface area contributed by atoms with Gasteiger partial charge in [0.05, 0.1) is 0 Å². The predicted octanol–water partition coefficient (Wildman–Crippen LogP) is 5.53. The van der Waals surface area contributed by atoms with Crippen LogP contribution in [0.25, 0.3) is 0 Å². The van der Waals surface area contributed by atoms with Gasteiger partial charge in [0, 0.05) is 11.7 Å². The van der Waals surface area contributed by atoms with Crippen molar-refractivity contribution >= 4 is 22.6 Å². The van der Waals surface area contributed by atoms with Crippen molar-refractivity contribution in [2.45, 2.75) is 77.2 Å². The minimum absolute atomic E-state index is 0.665. The second kappa shape index (κ2) is 8.28. The van der Waals surface area contributed by atoms with Crippen LogP contribution in [0.4, 0.5) is 0 Å². The van der Waals surface area contributed by atoms with Crippen molar-refractivity contribution in [3.8, 4) is 0 Å². The van der Waals surface area contributed by atoms with Crippen molar-refractivity contribution in [3.63, 3.8) is 0 Å². The zero-order valence-electron chi connectivity index (χ0n) is 14.8. The molecule has 1 aliphatic carbocycles. The van der Waals surface area contributed by atoms with Crippen LogP contribution in [0, 0.1) is 9.62 Å². The van der Waals surface area contributed by atoms with E-state index in [0.717, 1.165) is 5.92 Å². The fourth-order valence-corrected chi connectivity index (χ4v) is 5.22. The molecule has 0 aromatic carbocycles. The van der Waals surface area contributed by atoms with E-state index in [1.54, 1.807) is 11.1 Å². The van der Waals surface area contributed by atoms with Gasteiger partial charge in [-0.1, -0.05) is 39.0 Å². The minimum atomic E-state index is 0.665. The zero-order valence-corrected chi connectivity index (χ0v) is 16.9. The summed E-state index contributed by atoms with van der Waals surface area (Å²) in [6, 6.07) is 3.04. The molecule has 2 aliphatic rings. The van der Waals surface area contributed by atoms with Crippen LogP contribution < -0.4 is 0 Å². The molecule has 0 spiro atoms. The lowest BCUT2D eigenvalue weighted by Crippen LogP contribution is -2.27. The summed E-state index contributed by atoms with van der Waals surface area (Å²) in [5, 5.41) is 0. The first-order valence-electron chi connectivity index (χ1n) is 9.59. The number of pyridine rings is 1. The van der Waals surface area contributed by atoms with Crippen LogP contribution >= 0.6 is 22.6 Å². The van der Waals surface area contributed by atoms with Gasteiger partial charge in [-0.2, -0.15) is 0 Å². The molecule has 1 fully saturated rings. The highest BCUT2D eigenvalue weighted by molar-refractivity contribution is 14.1. The van der Waals surface area contributed by atoms with Crippen LogP contribution in [0.15, 0.2) is 6.07 Å². The van der Waals surface area contributed by atoms with Crippen molar-refractivity contribution in [1.82, 2.24) is 9.88 Å². The second-order valence-corrected chi connectivity index (χ2v) is 8.60. The summed E-state index contributed by atoms with van der Waals surface area (Å²) in [4.78, 5) is 7.50. The van der Waals surface area contributed by atoms with Gasteiger partial charge in [-0.25, -0.2) is 4.98 Å². The lowest BCUT2D eigenvalue weighted by Gasteiger charge is -2.33. The lowest BCUT2D eigenvalue weighted by atomic mass is 9.79. The Morgan fingerprint density at radius 2 is 1.96 bits per heavy atom. The van der Waals surface area contributed by atoms with Crippen molar-refractivity contribution in [2.24, 2.45) is 5.92 Å². The number of fused-ring (bicyclic) bond motifs is 3. The van der Waals surface area contributed by atoms with Gasteiger partial charge in [0.25, 0.3) is 0 Å². The molecule has 0 unspecified atom stereocenters. The van der Waals surface area contributed by atoms with Crippen LogP contribution in [-0.4, -0.2) is 23.5 Å². The molecular weight excluding hydrogens is 395 g/mol. The average molecular weight is 426 g/mol. The van der Waals surface area contributed by atoms with Crippen molar-refractivity contribution in [1.29, 1.82) is 0 Å². The van der Waals surface area contributed by atoms with Gasteiger partial charge in [-0.05, 0) is 91.4 Å². The van der Waals surface area contributed by atoms with Gasteiger partial charge in [-0.3, -0.25) is 4.90 Å². The van der Waals surface area contributed by atoms with E-state index >= 15 is 0 Å². The number of aryl methyl sites for hydroxylation is 1. The van der Waals surface area contributed by atoms with Gasteiger partial charge in [0.15, 0.2) is 0 Å². The topological polar surface area (TPSA) is 16.1 Å². The predicted molar refractivity (Wildman–Crippen MR) is 106 cm³/mol. The van der Waals surface area contributed by atoms with Crippen LogP contribution in [0.5, 0.6) is 0 Å². The number of aromatic nitrogens is 1. The number of nitrogens with zero attached hydrogens (tertiary/aromatic N) is 2. The molecule has 0 saturated carbocycles. The molecule has 0 amide bonds. The van der Waals surface area contributed by atoms with Gasteiger partial charge in [0.2, 0.25) is 0 Å². The van der Waals surface area contributed by atoms with Crippen molar-refractivity contribution in [3.05, 3.63) is 26.6 Å². The molecule has 0 bridgehead atoms. The third-order valence-corrected chi connectivity index (χ3v) is 6.39. The Labute approximate surface area is 155 Å². The summed E-state index contributed by atoms with van der Waals surface area (Å²) < 4.78 is 1.20. The first-order valence-corrected chi connectivity index (χ1v) is 10.7. The fraction of sp³-hybridized carbons (Fsp3) is 0.750. The van der Waals surface area contributed by atoms with E-state index in [1.165, 1.54) is 80.1 Å². The summed E-state index contributed by atoms with van der Waals surface area (Å²) in [7, 11) is 2.31. The van der Waals surface area contributed by atoms with Crippen LogP contribution in [0.1, 0.15) is 81.2 Å². The summed E-state index contributed by atoms with van der Waals surface area (Å²) in [6.07, 6.45) is 13.4. The number of hydrogen-bond donors (Lipinski definition) is 0. The number of hydrogen-bond acceptors (Lipinski definition) is 2. The summed E-state index contributed by atoms with van der Waals surface area (Å²) in [5.41, 5.74) is 4.64. The van der Waals surface area contributed by atoms with E-state index in [9.17, 15) is 0 Å². The minimum Gasteiger partial charge on any atom is -0.299 e. The van der Waals surface area contributed by atoms with Gasteiger partial charge < -0.3 is 0 Å². The van der Waals surface area contributed by atoms with E-state index in [0.29, 0.717) is 6.04 Å². The lowest BCUT2D eigenvalue weighted by molar-refractivity contribution is 0.256. The Bertz CT molecular complexity index is 529. The third kappa shape index (κ3) is 4.09. The molecule has 2 nitrogen and oxygen atoms in total. The van der Waals surface area contributed by atoms with E-state index in [1.807, 2.05) is 0 Å². The van der Waals surface area contributed by atoms with E-state index in [-0.39, 0.29) is 0 Å². The Morgan fingerprint density at radius 3 is 2.78 bits per heavy atom. The maximum atomic E-state index is 4.93. The molecular formula is C20H31IN2. The van der Waals surface area contributed by atoms with Crippen LogP contribution in [0.3, 0.4) is 0 Å². The fourth-order valence-electron chi connectivity index (χ4n) is 4.59. The molecule has 3 rings (SSSR count). The normalized spacial score (nSPS) is 23.8. The first-order chi connectivity index (χ1) is 11.2. The Kier molecular flexibility index (Phi) is 6.36. The molecule has 2 atom stereocenters. The summed E-state index contributed by atoms with van der Waals surface area (Å²) in [6.45, 7) is 3.55. The maximum Gasteiger partial charge on any atom is 0.102 e. The van der Waals surface area contributed by atoms with Crippen molar-refractivity contribution < 1.29 is 0 Å². The molecule has 3 heteroatoms. The molecule has 0 radical (unpaired) electrons. The van der Waals surface area contributed by atoms with Gasteiger partial charge in [-0.15, -0.1) is 0 Å². The first kappa shape index (κ1) is 17.7. The molecule has 1 aliphatic heterocycles. The monoisotopic (exact) mass is 426 g/mol. The highest BCUT2D eigenvalue weighted by atomic mass is 127. The van der Waals surface area contributed by atoms with Gasteiger partial charge in [0.1, 0.15) is 3.70 Å². The molecule has 1 aromatic rings. The third-order valence-electron chi connectivity index (χ3n) is 5.84. The highest BCUT2D eigenvalue weighted by Gasteiger charge is 2.38. The SMILES string of the molecule is CCCCCCCCc1nc(I)cc2c1CC[C@@H]1CCN(C)[C@H]21. The molecule has 1 aromatic heterocycles. The number of unbranched alkanes of at least 4 members (excludes halogenated alkanes) is 5. The van der Waals surface area contributed by atoms with Crippen LogP contribution in [-0.2, 0) is 12.8 Å². The molecule has 0 N–H and O–H groups in total. The Hall–Kier alpha value is -0.160. The maximum absolute atomic E-state index is 4.93. The standard InChI is InChI=1S/C20H31IN2/c1-3-4-5-6-7-8-9-18-16-11-10-15-12-13-23(2)20(15)17(16)14-19(21)22-18/h14-15,20H,3-13H2,1-2H3/t15-,20+/m1/s1. The van der Waals surface area contributed by atoms with E-state index < -0.39 is 0 Å². The summed E-state index contributed by atoms with van der Waals surface area (Å²) >= 11 is 2.42. The average Bonchev–Trinajstić information content (AvgIpc) is 2.92. The Balaban J connectivity index is 1.68. The van der Waals surface area contributed by atoms with Gasteiger partial charge >= 0.3 is 0 Å². The Morgan fingerprint density at radius 1 is 1.17 bits per heavy atom. The van der Waals surface area contributed by atoms with E-state index in [2.05, 4.69) is 47.5 Å². The summed E-state index contributed by atoms with van der Waals surface area (Å²) in [5.74, 6) is 0.882. The van der Waals surface area contributed by atoms with Crippen LogP contribution in [0.2, 0.25) is 0 Å². The largest absolute Gasteiger partial charge is 0.299 e. The highest BCUT2D eigenvalue weighted by Crippen LogP contribution is 2.45. The molecule has 23 heavy (non-hydrogen) atoms.